The van der Waals surface area contributed by atoms with E-state index in [1.165, 1.54) is 24.0 Å². The number of aryl methyl sites for hydroxylation is 2. The van der Waals surface area contributed by atoms with Crippen LogP contribution in [0.2, 0.25) is 0 Å². The summed E-state index contributed by atoms with van der Waals surface area (Å²) in [6.07, 6.45) is 4.45. The van der Waals surface area contributed by atoms with Gasteiger partial charge in [0.2, 0.25) is 0 Å². The number of esters is 1. The number of benzene rings is 3. The standard InChI is InChI=1S/C32H40O3/c1-6-8-9-24-10-12-25(13-11-24)23-35-30-20-16-27(22-28(30)17-21-31(33)34-7-2)26-14-18-29(19-15-26)32(3,4)5/h10-16,18-20,22H,6-9,17,21,23H2,1-5H3. The highest BCUT2D eigenvalue weighted by Gasteiger charge is 2.14. The molecule has 0 heterocycles. The van der Waals surface area contributed by atoms with Crippen LogP contribution in [0.5, 0.6) is 5.75 Å². The maximum atomic E-state index is 12.0. The van der Waals surface area contributed by atoms with Gasteiger partial charge in [-0.25, -0.2) is 0 Å². The molecule has 3 heteroatoms. The lowest BCUT2D eigenvalue weighted by atomic mass is 9.86. The van der Waals surface area contributed by atoms with E-state index in [1.54, 1.807) is 0 Å². The number of hydrogen-bond acceptors (Lipinski definition) is 3. The molecular formula is C32H40O3. The van der Waals surface area contributed by atoms with E-state index < -0.39 is 0 Å². The van der Waals surface area contributed by atoms with E-state index in [0.717, 1.165) is 34.4 Å². The van der Waals surface area contributed by atoms with Crippen molar-refractivity contribution in [3.63, 3.8) is 0 Å². The van der Waals surface area contributed by atoms with Gasteiger partial charge in [-0.05, 0) is 77.1 Å². The zero-order chi connectivity index (χ0) is 25.3. The van der Waals surface area contributed by atoms with Crippen LogP contribution < -0.4 is 4.74 Å². The van der Waals surface area contributed by atoms with Gasteiger partial charge in [0.05, 0.1) is 6.61 Å². The number of carbonyl (C=O) groups excluding carboxylic acids is 1. The Hall–Kier alpha value is -3.07. The average molecular weight is 473 g/mol. The van der Waals surface area contributed by atoms with Crippen molar-refractivity contribution in [2.24, 2.45) is 0 Å². The van der Waals surface area contributed by atoms with Crippen LogP contribution >= 0.6 is 0 Å². The summed E-state index contributed by atoms with van der Waals surface area (Å²) in [7, 11) is 0. The quantitative estimate of drug-likeness (QED) is 0.265. The minimum absolute atomic E-state index is 0.120. The lowest BCUT2D eigenvalue weighted by molar-refractivity contribution is -0.143. The normalized spacial score (nSPS) is 11.3. The predicted octanol–water partition coefficient (Wildman–Crippen LogP) is 8.07. The molecule has 3 aromatic rings. The Kier molecular flexibility index (Phi) is 9.54. The summed E-state index contributed by atoms with van der Waals surface area (Å²) in [6, 6.07) is 23.7. The Bertz CT molecular complexity index is 1070. The van der Waals surface area contributed by atoms with Crippen LogP contribution in [-0.2, 0) is 34.4 Å². The Morgan fingerprint density at radius 2 is 1.46 bits per heavy atom. The Labute approximate surface area is 211 Å². The molecule has 0 N–H and O–H groups in total. The molecule has 0 unspecified atom stereocenters. The highest BCUT2D eigenvalue weighted by molar-refractivity contribution is 5.71. The molecule has 0 aromatic heterocycles. The summed E-state index contributed by atoms with van der Waals surface area (Å²) in [4.78, 5) is 12.0. The molecular weight excluding hydrogens is 432 g/mol. The zero-order valence-electron chi connectivity index (χ0n) is 22.0. The van der Waals surface area contributed by atoms with Crippen molar-refractivity contribution < 1.29 is 14.3 Å². The smallest absolute Gasteiger partial charge is 0.306 e. The summed E-state index contributed by atoms with van der Waals surface area (Å²) in [6.45, 7) is 11.6. The van der Waals surface area contributed by atoms with Gasteiger partial charge in [-0.3, -0.25) is 4.79 Å². The van der Waals surface area contributed by atoms with Crippen molar-refractivity contribution in [2.45, 2.75) is 78.7 Å². The molecule has 0 radical (unpaired) electrons. The van der Waals surface area contributed by atoms with Crippen LogP contribution in [0.3, 0.4) is 0 Å². The molecule has 0 bridgehead atoms. The van der Waals surface area contributed by atoms with Crippen molar-refractivity contribution in [3.8, 4) is 16.9 Å². The molecule has 3 nitrogen and oxygen atoms in total. The fraction of sp³-hybridized carbons (Fsp3) is 0.406. The highest BCUT2D eigenvalue weighted by atomic mass is 16.5. The van der Waals surface area contributed by atoms with Gasteiger partial charge >= 0.3 is 5.97 Å². The van der Waals surface area contributed by atoms with Crippen molar-refractivity contribution in [2.75, 3.05) is 6.61 Å². The summed E-state index contributed by atoms with van der Waals surface area (Å²) in [5, 5.41) is 0. The first kappa shape index (κ1) is 26.5. The molecule has 0 aliphatic carbocycles. The van der Waals surface area contributed by atoms with E-state index in [9.17, 15) is 4.79 Å². The summed E-state index contributed by atoms with van der Waals surface area (Å²) in [5.41, 5.74) is 7.24. The second kappa shape index (κ2) is 12.6. The van der Waals surface area contributed by atoms with Gasteiger partial charge < -0.3 is 9.47 Å². The van der Waals surface area contributed by atoms with Crippen LogP contribution in [0.25, 0.3) is 11.1 Å². The third kappa shape index (κ3) is 7.99. The van der Waals surface area contributed by atoms with E-state index in [4.69, 9.17) is 9.47 Å². The summed E-state index contributed by atoms with van der Waals surface area (Å²) < 4.78 is 11.4. The molecule has 0 saturated carbocycles. The van der Waals surface area contributed by atoms with Gasteiger partial charge in [0.25, 0.3) is 0 Å². The molecule has 0 amide bonds. The minimum Gasteiger partial charge on any atom is -0.489 e. The molecule has 0 saturated heterocycles. The van der Waals surface area contributed by atoms with E-state index in [2.05, 4.69) is 88.4 Å². The van der Waals surface area contributed by atoms with Gasteiger partial charge in [0, 0.05) is 6.42 Å². The minimum atomic E-state index is -0.180. The molecule has 3 rings (SSSR count). The van der Waals surface area contributed by atoms with Crippen LogP contribution in [0.15, 0.2) is 66.7 Å². The molecule has 35 heavy (non-hydrogen) atoms. The van der Waals surface area contributed by atoms with Gasteiger partial charge in [-0.2, -0.15) is 0 Å². The Morgan fingerprint density at radius 1 is 0.800 bits per heavy atom. The molecule has 3 aromatic carbocycles. The third-order valence-electron chi connectivity index (χ3n) is 6.28. The van der Waals surface area contributed by atoms with Gasteiger partial charge in [-0.1, -0.05) is 88.7 Å². The maximum Gasteiger partial charge on any atom is 0.306 e. The zero-order valence-corrected chi connectivity index (χ0v) is 22.0. The van der Waals surface area contributed by atoms with E-state index in [1.807, 2.05) is 13.0 Å². The van der Waals surface area contributed by atoms with Crippen LogP contribution in [0.4, 0.5) is 0 Å². The van der Waals surface area contributed by atoms with E-state index in [0.29, 0.717) is 26.1 Å². The number of carbonyl (C=O) groups is 1. The first-order valence-electron chi connectivity index (χ1n) is 12.9. The fourth-order valence-corrected chi connectivity index (χ4v) is 4.07. The monoisotopic (exact) mass is 472 g/mol. The summed E-state index contributed by atoms with van der Waals surface area (Å²) >= 11 is 0. The largest absolute Gasteiger partial charge is 0.489 e. The van der Waals surface area contributed by atoms with Crippen molar-refractivity contribution in [1.29, 1.82) is 0 Å². The molecule has 0 aliphatic rings. The van der Waals surface area contributed by atoms with Crippen molar-refractivity contribution >= 4 is 5.97 Å². The SMILES string of the molecule is CCCCc1ccc(COc2ccc(-c3ccc(C(C)(C)C)cc3)cc2CCC(=O)OCC)cc1. The van der Waals surface area contributed by atoms with Gasteiger partial charge in [0.1, 0.15) is 12.4 Å². The van der Waals surface area contributed by atoms with Crippen LogP contribution in [0.1, 0.15) is 76.1 Å². The maximum absolute atomic E-state index is 12.0. The lowest BCUT2D eigenvalue weighted by Gasteiger charge is -2.19. The van der Waals surface area contributed by atoms with Gasteiger partial charge in [0.15, 0.2) is 0 Å². The fourth-order valence-electron chi connectivity index (χ4n) is 4.07. The molecule has 0 aliphatic heterocycles. The number of rotatable bonds is 11. The predicted molar refractivity (Wildman–Crippen MR) is 145 cm³/mol. The average Bonchev–Trinajstić information content (AvgIpc) is 2.85. The Morgan fingerprint density at radius 3 is 2.09 bits per heavy atom. The van der Waals surface area contributed by atoms with Crippen molar-refractivity contribution in [1.82, 2.24) is 0 Å². The Balaban J connectivity index is 1.78. The molecule has 0 spiro atoms. The van der Waals surface area contributed by atoms with E-state index in [-0.39, 0.29) is 11.4 Å². The second-order valence-electron chi connectivity index (χ2n) is 10.2. The van der Waals surface area contributed by atoms with Gasteiger partial charge in [-0.15, -0.1) is 0 Å². The molecule has 0 fully saturated rings. The lowest BCUT2D eigenvalue weighted by Crippen LogP contribution is -2.10. The van der Waals surface area contributed by atoms with Crippen molar-refractivity contribution in [3.05, 3.63) is 89.0 Å². The number of unbranched alkanes of at least 4 members (excludes halogenated alkanes) is 1. The van der Waals surface area contributed by atoms with Crippen LogP contribution in [0, 0.1) is 0 Å². The number of ether oxygens (including phenoxy) is 2. The van der Waals surface area contributed by atoms with Crippen LogP contribution in [-0.4, -0.2) is 12.6 Å². The third-order valence-corrected chi connectivity index (χ3v) is 6.28. The molecule has 186 valence electrons. The topological polar surface area (TPSA) is 35.5 Å². The number of hydrogen-bond donors (Lipinski definition) is 0. The highest BCUT2D eigenvalue weighted by Crippen LogP contribution is 2.30. The first-order chi connectivity index (χ1) is 16.8. The second-order valence-corrected chi connectivity index (χ2v) is 10.2. The molecule has 0 atom stereocenters. The first-order valence-corrected chi connectivity index (χ1v) is 12.9. The summed E-state index contributed by atoms with van der Waals surface area (Å²) in [5.74, 6) is 0.639. The van der Waals surface area contributed by atoms with E-state index >= 15 is 0 Å².